The number of methoxy groups -OCH3 is 4. The van der Waals surface area contributed by atoms with Crippen molar-refractivity contribution < 1.29 is 23.7 Å². The predicted molar refractivity (Wildman–Crippen MR) is 97.2 cm³/mol. The monoisotopic (exact) mass is 342 g/mol. The highest BCUT2D eigenvalue weighted by atomic mass is 16.5. The smallest absolute Gasteiger partial charge is 0.193 e. The highest BCUT2D eigenvalue weighted by Crippen LogP contribution is 2.32. The van der Waals surface area contributed by atoms with Gasteiger partial charge in [-0.2, -0.15) is 0 Å². The highest BCUT2D eigenvalue weighted by molar-refractivity contribution is 6.10. The standard InChI is InChI=1S/C20H22O5/c1-13-10-18(24-4)20(19(11-13)25-5)15(21)8-6-14-7-9-16(22-2)17(12-14)23-3/h6-12H,1-5H3/b8-6+. The van der Waals surface area contributed by atoms with Gasteiger partial charge in [0.1, 0.15) is 17.1 Å². The number of carbonyl (C=O) groups is 1. The Bertz CT molecular complexity index is 768. The molecule has 0 radical (unpaired) electrons. The van der Waals surface area contributed by atoms with Crippen molar-refractivity contribution in [2.45, 2.75) is 6.92 Å². The van der Waals surface area contributed by atoms with Crippen LogP contribution in [0.25, 0.3) is 6.08 Å². The van der Waals surface area contributed by atoms with Crippen molar-refractivity contribution in [3.8, 4) is 23.0 Å². The van der Waals surface area contributed by atoms with Gasteiger partial charge in [0.2, 0.25) is 0 Å². The third kappa shape index (κ3) is 4.12. The van der Waals surface area contributed by atoms with E-state index in [4.69, 9.17) is 18.9 Å². The van der Waals surface area contributed by atoms with E-state index in [1.807, 2.05) is 13.0 Å². The molecule has 2 aromatic rings. The van der Waals surface area contributed by atoms with Gasteiger partial charge in [0.15, 0.2) is 17.3 Å². The van der Waals surface area contributed by atoms with Gasteiger partial charge in [-0.3, -0.25) is 4.79 Å². The topological polar surface area (TPSA) is 54.0 Å². The fourth-order valence-electron chi connectivity index (χ4n) is 2.50. The molecule has 5 heteroatoms. The Kier molecular flexibility index (Phi) is 6.06. The number of ketones is 1. The van der Waals surface area contributed by atoms with Crippen LogP contribution in [0.1, 0.15) is 21.5 Å². The van der Waals surface area contributed by atoms with Crippen LogP contribution in [0.15, 0.2) is 36.4 Å². The summed E-state index contributed by atoms with van der Waals surface area (Å²) in [5.41, 5.74) is 2.16. The van der Waals surface area contributed by atoms with Crippen molar-refractivity contribution in [3.05, 3.63) is 53.1 Å². The summed E-state index contributed by atoms with van der Waals surface area (Å²) in [6, 6.07) is 9.04. The Balaban J connectivity index is 2.35. The molecule has 0 aliphatic carbocycles. The van der Waals surface area contributed by atoms with E-state index in [-0.39, 0.29) is 5.78 Å². The molecular weight excluding hydrogens is 320 g/mol. The number of benzene rings is 2. The van der Waals surface area contributed by atoms with Gasteiger partial charge in [-0.25, -0.2) is 0 Å². The molecular formula is C20H22O5. The van der Waals surface area contributed by atoms with Gasteiger partial charge in [0.05, 0.1) is 28.4 Å². The minimum absolute atomic E-state index is 0.205. The van der Waals surface area contributed by atoms with E-state index in [1.165, 1.54) is 20.3 Å². The van der Waals surface area contributed by atoms with Gasteiger partial charge in [0.25, 0.3) is 0 Å². The van der Waals surface area contributed by atoms with Gasteiger partial charge in [-0.1, -0.05) is 12.1 Å². The van der Waals surface area contributed by atoms with Crippen LogP contribution in [-0.4, -0.2) is 34.2 Å². The number of allylic oxidation sites excluding steroid dienone is 1. The van der Waals surface area contributed by atoms with E-state index >= 15 is 0 Å². The molecule has 0 spiro atoms. The second kappa shape index (κ2) is 8.24. The highest BCUT2D eigenvalue weighted by Gasteiger charge is 2.17. The Morgan fingerprint density at radius 2 is 1.36 bits per heavy atom. The largest absolute Gasteiger partial charge is 0.496 e. The Morgan fingerprint density at radius 1 is 0.800 bits per heavy atom. The number of hydrogen-bond acceptors (Lipinski definition) is 5. The van der Waals surface area contributed by atoms with Gasteiger partial charge < -0.3 is 18.9 Å². The lowest BCUT2D eigenvalue weighted by molar-refractivity contribution is 0.104. The summed E-state index contributed by atoms with van der Waals surface area (Å²) in [5.74, 6) is 2.00. The lowest BCUT2D eigenvalue weighted by atomic mass is 10.0. The lowest BCUT2D eigenvalue weighted by Crippen LogP contribution is -2.03. The van der Waals surface area contributed by atoms with Crippen molar-refractivity contribution in [3.63, 3.8) is 0 Å². The van der Waals surface area contributed by atoms with E-state index in [0.29, 0.717) is 28.6 Å². The van der Waals surface area contributed by atoms with E-state index in [2.05, 4.69) is 0 Å². The van der Waals surface area contributed by atoms with Crippen LogP contribution in [0, 0.1) is 6.92 Å². The average Bonchev–Trinajstić information content (AvgIpc) is 2.64. The summed E-state index contributed by atoms with van der Waals surface area (Å²) in [4.78, 5) is 12.7. The molecule has 25 heavy (non-hydrogen) atoms. The first-order valence-electron chi connectivity index (χ1n) is 7.71. The molecule has 0 aliphatic heterocycles. The maximum absolute atomic E-state index is 12.7. The first-order valence-corrected chi connectivity index (χ1v) is 7.71. The third-order valence-corrected chi connectivity index (χ3v) is 3.73. The SMILES string of the molecule is COc1ccc(/C=C/C(=O)c2c(OC)cc(C)cc2OC)cc1OC. The molecule has 2 aromatic carbocycles. The van der Waals surface area contributed by atoms with E-state index in [9.17, 15) is 4.79 Å². The van der Waals surface area contributed by atoms with Crippen LogP contribution in [-0.2, 0) is 0 Å². The maximum Gasteiger partial charge on any atom is 0.193 e. The molecule has 0 heterocycles. The Labute approximate surface area is 147 Å². The molecule has 0 atom stereocenters. The van der Waals surface area contributed by atoms with Gasteiger partial charge in [-0.15, -0.1) is 0 Å². The summed E-state index contributed by atoms with van der Waals surface area (Å²) in [6.45, 7) is 1.92. The molecule has 0 amide bonds. The van der Waals surface area contributed by atoms with Crippen molar-refractivity contribution in [1.29, 1.82) is 0 Å². The summed E-state index contributed by atoms with van der Waals surface area (Å²) < 4.78 is 21.2. The van der Waals surface area contributed by atoms with E-state index < -0.39 is 0 Å². The maximum atomic E-state index is 12.7. The first kappa shape index (κ1) is 18.4. The molecule has 0 bridgehead atoms. The number of carbonyl (C=O) groups excluding carboxylic acids is 1. The van der Waals surface area contributed by atoms with E-state index in [0.717, 1.165) is 11.1 Å². The summed E-state index contributed by atoms with van der Waals surface area (Å²) in [5, 5.41) is 0. The summed E-state index contributed by atoms with van der Waals surface area (Å²) in [7, 11) is 6.21. The zero-order chi connectivity index (χ0) is 18.4. The normalized spacial score (nSPS) is 10.6. The van der Waals surface area contributed by atoms with Crippen molar-refractivity contribution in [2.75, 3.05) is 28.4 Å². The molecule has 0 aromatic heterocycles. The molecule has 0 aliphatic rings. The average molecular weight is 342 g/mol. The first-order chi connectivity index (χ1) is 12.0. The van der Waals surface area contributed by atoms with Gasteiger partial charge in [0, 0.05) is 0 Å². The number of hydrogen-bond donors (Lipinski definition) is 0. The number of ether oxygens (including phenoxy) is 4. The van der Waals surface area contributed by atoms with Crippen LogP contribution in [0.3, 0.4) is 0 Å². The Morgan fingerprint density at radius 3 is 1.88 bits per heavy atom. The minimum atomic E-state index is -0.205. The molecule has 0 saturated heterocycles. The fourth-order valence-corrected chi connectivity index (χ4v) is 2.50. The fraction of sp³-hybridized carbons (Fsp3) is 0.250. The lowest BCUT2D eigenvalue weighted by Gasteiger charge is -2.12. The van der Waals surface area contributed by atoms with Crippen molar-refractivity contribution in [1.82, 2.24) is 0 Å². The van der Waals surface area contributed by atoms with Crippen LogP contribution in [0.4, 0.5) is 0 Å². The minimum Gasteiger partial charge on any atom is -0.496 e. The van der Waals surface area contributed by atoms with Crippen molar-refractivity contribution in [2.24, 2.45) is 0 Å². The summed E-state index contributed by atoms with van der Waals surface area (Å²) in [6.07, 6.45) is 3.19. The van der Waals surface area contributed by atoms with Crippen LogP contribution < -0.4 is 18.9 Å². The molecule has 0 unspecified atom stereocenters. The van der Waals surface area contributed by atoms with Crippen LogP contribution in [0.5, 0.6) is 23.0 Å². The predicted octanol–water partition coefficient (Wildman–Crippen LogP) is 3.93. The number of aryl methyl sites for hydroxylation is 1. The molecule has 0 N–H and O–H groups in total. The van der Waals surface area contributed by atoms with Crippen molar-refractivity contribution >= 4 is 11.9 Å². The second-order valence-electron chi connectivity index (χ2n) is 5.36. The summed E-state index contributed by atoms with van der Waals surface area (Å²) >= 11 is 0. The van der Waals surface area contributed by atoms with Crippen LogP contribution >= 0.6 is 0 Å². The third-order valence-electron chi connectivity index (χ3n) is 3.73. The molecule has 132 valence electrons. The molecule has 0 fully saturated rings. The van der Waals surface area contributed by atoms with Gasteiger partial charge >= 0.3 is 0 Å². The molecule has 0 saturated carbocycles. The zero-order valence-electron chi connectivity index (χ0n) is 15.1. The Hall–Kier alpha value is -2.95. The molecule has 2 rings (SSSR count). The van der Waals surface area contributed by atoms with E-state index in [1.54, 1.807) is 44.6 Å². The quantitative estimate of drug-likeness (QED) is 0.564. The van der Waals surface area contributed by atoms with Crippen LogP contribution in [0.2, 0.25) is 0 Å². The number of rotatable bonds is 7. The molecule has 5 nitrogen and oxygen atoms in total. The second-order valence-corrected chi connectivity index (χ2v) is 5.36. The zero-order valence-corrected chi connectivity index (χ0v) is 15.1. The van der Waals surface area contributed by atoms with Gasteiger partial charge in [-0.05, 0) is 48.4 Å².